The Hall–Kier alpha value is -2.23. The van der Waals surface area contributed by atoms with Crippen LogP contribution in [0.3, 0.4) is 0 Å². The highest BCUT2D eigenvalue weighted by Gasteiger charge is 2.04. The molecule has 1 amide bonds. The monoisotopic (exact) mass is 255 g/mol. The van der Waals surface area contributed by atoms with Crippen LogP contribution in [0.5, 0.6) is 0 Å². The number of benzene rings is 1. The van der Waals surface area contributed by atoms with Crippen molar-refractivity contribution in [2.24, 2.45) is 0 Å². The molecule has 1 heterocycles. The summed E-state index contributed by atoms with van der Waals surface area (Å²) in [5.74, 6) is 0.00173. The lowest BCUT2D eigenvalue weighted by Gasteiger charge is -2.06. The predicted octanol–water partition coefficient (Wildman–Crippen LogP) is 1.95. The van der Waals surface area contributed by atoms with Gasteiger partial charge in [-0.15, -0.1) is 0 Å². The molecule has 0 atom stereocenters. The van der Waals surface area contributed by atoms with Gasteiger partial charge in [-0.05, 0) is 25.5 Å². The van der Waals surface area contributed by atoms with Crippen molar-refractivity contribution < 1.29 is 4.79 Å². The van der Waals surface area contributed by atoms with Crippen molar-refractivity contribution in [3.63, 3.8) is 0 Å². The van der Waals surface area contributed by atoms with Crippen LogP contribution in [0.25, 0.3) is 0 Å². The topological polar surface area (TPSA) is 54.9 Å². The van der Waals surface area contributed by atoms with Gasteiger partial charge in [0.25, 0.3) is 0 Å². The molecule has 4 nitrogen and oxygen atoms in total. The maximum Gasteiger partial charge on any atom is 0.224 e. The van der Waals surface area contributed by atoms with E-state index in [9.17, 15) is 4.79 Å². The van der Waals surface area contributed by atoms with E-state index in [0.29, 0.717) is 13.0 Å². The van der Waals surface area contributed by atoms with Crippen LogP contribution in [-0.2, 0) is 17.8 Å². The zero-order valence-corrected chi connectivity index (χ0v) is 11.2. The van der Waals surface area contributed by atoms with Crippen LogP contribution in [0.2, 0.25) is 0 Å². The van der Waals surface area contributed by atoms with Crippen molar-refractivity contribution in [2.45, 2.75) is 26.8 Å². The Kier molecular flexibility index (Phi) is 4.23. The van der Waals surface area contributed by atoms with Gasteiger partial charge in [0.2, 0.25) is 5.91 Å². The summed E-state index contributed by atoms with van der Waals surface area (Å²) in [7, 11) is 0. The van der Waals surface area contributed by atoms with Gasteiger partial charge in [-0.2, -0.15) is 0 Å². The van der Waals surface area contributed by atoms with Gasteiger partial charge in [0.1, 0.15) is 6.33 Å². The Labute approximate surface area is 112 Å². The normalized spacial score (nSPS) is 10.2. The fraction of sp³-hybridized carbons (Fsp3) is 0.267. The molecule has 0 aliphatic rings. The van der Waals surface area contributed by atoms with Crippen molar-refractivity contribution in [3.8, 4) is 0 Å². The molecule has 0 aliphatic heterocycles. The fourth-order valence-electron chi connectivity index (χ4n) is 1.87. The van der Waals surface area contributed by atoms with Crippen LogP contribution in [-0.4, -0.2) is 15.9 Å². The van der Waals surface area contributed by atoms with Crippen molar-refractivity contribution in [1.29, 1.82) is 0 Å². The summed E-state index contributed by atoms with van der Waals surface area (Å²) in [5, 5.41) is 2.86. The van der Waals surface area contributed by atoms with E-state index in [1.54, 1.807) is 0 Å². The number of aryl methyl sites for hydroxylation is 2. The van der Waals surface area contributed by atoms with Gasteiger partial charge in [0.15, 0.2) is 0 Å². The summed E-state index contributed by atoms with van der Waals surface area (Å²) in [6.07, 6.45) is 1.91. The van der Waals surface area contributed by atoms with Gasteiger partial charge in [-0.25, -0.2) is 9.97 Å². The minimum Gasteiger partial charge on any atom is -0.350 e. The standard InChI is InChI=1S/C15H17N3O/c1-11-4-3-5-13(6-11)8-15(19)16-9-14-7-12(2)17-10-18-14/h3-7,10H,8-9H2,1-2H3,(H,16,19). The molecule has 2 aromatic rings. The number of rotatable bonds is 4. The first-order chi connectivity index (χ1) is 9.13. The molecule has 1 aromatic heterocycles. The van der Waals surface area contributed by atoms with E-state index >= 15 is 0 Å². The zero-order chi connectivity index (χ0) is 13.7. The molecule has 4 heteroatoms. The lowest BCUT2D eigenvalue weighted by molar-refractivity contribution is -0.120. The Morgan fingerprint density at radius 2 is 2.05 bits per heavy atom. The second-order valence-electron chi connectivity index (χ2n) is 4.59. The Balaban J connectivity index is 1.88. The minimum absolute atomic E-state index is 0.00173. The summed E-state index contributed by atoms with van der Waals surface area (Å²) >= 11 is 0. The first-order valence-corrected chi connectivity index (χ1v) is 6.23. The summed E-state index contributed by atoms with van der Waals surface area (Å²) in [5.41, 5.74) is 3.91. The second-order valence-corrected chi connectivity index (χ2v) is 4.59. The smallest absolute Gasteiger partial charge is 0.224 e. The third kappa shape index (κ3) is 4.17. The summed E-state index contributed by atoms with van der Waals surface area (Å²) in [4.78, 5) is 20.0. The van der Waals surface area contributed by atoms with E-state index in [1.165, 1.54) is 6.33 Å². The molecular formula is C15H17N3O. The Morgan fingerprint density at radius 1 is 1.21 bits per heavy atom. The number of hydrogen-bond acceptors (Lipinski definition) is 3. The van der Waals surface area contributed by atoms with Gasteiger partial charge >= 0.3 is 0 Å². The zero-order valence-electron chi connectivity index (χ0n) is 11.2. The maximum atomic E-state index is 11.8. The van der Waals surface area contributed by atoms with Crippen LogP contribution in [0, 0.1) is 13.8 Å². The molecule has 0 bridgehead atoms. The number of nitrogens with zero attached hydrogens (tertiary/aromatic N) is 2. The Morgan fingerprint density at radius 3 is 2.79 bits per heavy atom. The average Bonchev–Trinajstić information content (AvgIpc) is 2.36. The van der Waals surface area contributed by atoms with Crippen molar-refractivity contribution in [3.05, 3.63) is 59.2 Å². The summed E-state index contributed by atoms with van der Waals surface area (Å²) in [6.45, 7) is 4.36. The van der Waals surface area contributed by atoms with E-state index in [-0.39, 0.29) is 5.91 Å². The number of amides is 1. The van der Waals surface area contributed by atoms with Gasteiger partial charge in [-0.1, -0.05) is 29.8 Å². The van der Waals surface area contributed by atoms with Gasteiger partial charge < -0.3 is 5.32 Å². The molecular weight excluding hydrogens is 238 g/mol. The van der Waals surface area contributed by atoms with E-state index in [4.69, 9.17) is 0 Å². The highest BCUT2D eigenvalue weighted by Crippen LogP contribution is 2.04. The lowest BCUT2D eigenvalue weighted by atomic mass is 10.1. The molecule has 0 radical (unpaired) electrons. The summed E-state index contributed by atoms with van der Waals surface area (Å²) < 4.78 is 0. The molecule has 0 spiro atoms. The number of carbonyl (C=O) groups is 1. The van der Waals surface area contributed by atoms with Crippen LogP contribution in [0.15, 0.2) is 36.7 Å². The molecule has 0 unspecified atom stereocenters. The predicted molar refractivity (Wildman–Crippen MR) is 73.5 cm³/mol. The molecule has 0 saturated carbocycles. The molecule has 1 aromatic carbocycles. The van der Waals surface area contributed by atoms with Crippen molar-refractivity contribution in [1.82, 2.24) is 15.3 Å². The third-order valence-electron chi connectivity index (χ3n) is 2.77. The summed E-state index contributed by atoms with van der Waals surface area (Å²) in [6, 6.07) is 9.83. The lowest BCUT2D eigenvalue weighted by Crippen LogP contribution is -2.25. The maximum absolute atomic E-state index is 11.8. The van der Waals surface area contributed by atoms with Crippen LogP contribution >= 0.6 is 0 Å². The highest BCUT2D eigenvalue weighted by atomic mass is 16.1. The quantitative estimate of drug-likeness (QED) is 0.908. The van der Waals surface area contributed by atoms with Gasteiger partial charge in [-0.3, -0.25) is 4.79 Å². The number of hydrogen-bond donors (Lipinski definition) is 1. The molecule has 0 aliphatic carbocycles. The van der Waals surface area contributed by atoms with E-state index in [1.807, 2.05) is 44.2 Å². The minimum atomic E-state index is 0.00173. The third-order valence-corrected chi connectivity index (χ3v) is 2.77. The Bertz CT molecular complexity index is 581. The second kappa shape index (κ2) is 6.09. The van der Waals surface area contributed by atoms with E-state index < -0.39 is 0 Å². The van der Waals surface area contributed by atoms with E-state index in [2.05, 4.69) is 15.3 Å². The van der Waals surface area contributed by atoms with Crippen molar-refractivity contribution in [2.75, 3.05) is 0 Å². The molecule has 0 fully saturated rings. The van der Waals surface area contributed by atoms with Crippen molar-refractivity contribution >= 4 is 5.91 Å². The van der Waals surface area contributed by atoms with Crippen LogP contribution < -0.4 is 5.32 Å². The van der Waals surface area contributed by atoms with Crippen LogP contribution in [0.4, 0.5) is 0 Å². The number of carbonyl (C=O) groups excluding carboxylic acids is 1. The van der Waals surface area contributed by atoms with Gasteiger partial charge in [0, 0.05) is 5.69 Å². The van der Waals surface area contributed by atoms with Crippen LogP contribution in [0.1, 0.15) is 22.5 Å². The molecule has 0 saturated heterocycles. The van der Waals surface area contributed by atoms with E-state index in [0.717, 1.165) is 22.5 Å². The number of nitrogens with one attached hydrogen (secondary N) is 1. The molecule has 19 heavy (non-hydrogen) atoms. The largest absolute Gasteiger partial charge is 0.350 e. The fourth-order valence-corrected chi connectivity index (χ4v) is 1.87. The SMILES string of the molecule is Cc1cccc(CC(=O)NCc2cc(C)ncn2)c1. The highest BCUT2D eigenvalue weighted by molar-refractivity contribution is 5.78. The molecule has 98 valence electrons. The molecule has 2 rings (SSSR count). The first-order valence-electron chi connectivity index (χ1n) is 6.23. The first kappa shape index (κ1) is 13.2. The number of aromatic nitrogens is 2. The average molecular weight is 255 g/mol. The van der Waals surface area contributed by atoms with Gasteiger partial charge in [0.05, 0.1) is 18.7 Å². The molecule has 1 N–H and O–H groups in total.